The molecule has 1 aliphatic rings. The monoisotopic (exact) mass is 510 g/mol. The van der Waals surface area contributed by atoms with Crippen LogP contribution in [0.2, 0.25) is 0 Å². The third-order valence-corrected chi connectivity index (χ3v) is 7.15. The lowest BCUT2D eigenvalue weighted by Gasteiger charge is -2.28. The predicted octanol–water partition coefficient (Wildman–Crippen LogP) is 7.07. The first-order valence-corrected chi connectivity index (χ1v) is 13.2. The zero-order chi connectivity index (χ0) is 26.3. The lowest BCUT2D eigenvalue weighted by atomic mass is 9.96. The highest BCUT2D eigenvalue weighted by Crippen LogP contribution is 2.44. The molecule has 5 rings (SSSR count). The van der Waals surface area contributed by atoms with Crippen LogP contribution >= 0.6 is 12.2 Å². The number of nitrogens with zero attached hydrogens (tertiary/aromatic N) is 3. The van der Waals surface area contributed by atoms with E-state index in [1.165, 1.54) is 33.8 Å². The first-order chi connectivity index (χ1) is 17.7. The summed E-state index contributed by atoms with van der Waals surface area (Å²) in [6.07, 6.45) is 1.97. The molecule has 2 atom stereocenters. The van der Waals surface area contributed by atoms with E-state index in [4.69, 9.17) is 21.9 Å². The molecule has 6 heteroatoms. The summed E-state index contributed by atoms with van der Waals surface area (Å²) >= 11 is 5.94. The van der Waals surface area contributed by atoms with Gasteiger partial charge in [0.1, 0.15) is 5.75 Å². The number of pyridine rings is 1. The Hall–Kier alpha value is -3.64. The van der Waals surface area contributed by atoms with Crippen LogP contribution in [0.5, 0.6) is 5.75 Å². The molecule has 0 radical (unpaired) electrons. The van der Waals surface area contributed by atoms with E-state index in [0.717, 1.165) is 17.1 Å². The molecular weight excluding hydrogens is 476 g/mol. The van der Waals surface area contributed by atoms with Crippen molar-refractivity contribution in [3.63, 3.8) is 0 Å². The minimum Gasteiger partial charge on any atom is -0.491 e. The molecule has 1 saturated heterocycles. The molecule has 0 bridgehead atoms. The molecule has 2 unspecified atom stereocenters. The van der Waals surface area contributed by atoms with E-state index in [9.17, 15) is 0 Å². The maximum absolute atomic E-state index is 5.94. The standard InChI is InChI=1S/C31H34N4OS/c1-19(2)36-26-12-10-24(11-13-26)35-30(29(33-31(35)37)28-9-7-8-14-32-28)27-18-22(5)34(23(27)6)25-16-20(3)15-21(4)17-25/h7-19,29-30H,1-6H3,(H,33,37). The zero-order valence-corrected chi connectivity index (χ0v) is 23.1. The Morgan fingerprint density at radius 1 is 0.892 bits per heavy atom. The van der Waals surface area contributed by atoms with E-state index in [2.05, 4.69) is 84.9 Å². The Labute approximate surface area is 225 Å². The largest absolute Gasteiger partial charge is 0.491 e. The van der Waals surface area contributed by atoms with Gasteiger partial charge in [0.2, 0.25) is 0 Å². The lowest BCUT2D eigenvalue weighted by molar-refractivity contribution is 0.242. The van der Waals surface area contributed by atoms with Crippen molar-refractivity contribution < 1.29 is 4.74 Å². The number of ether oxygens (including phenoxy) is 1. The van der Waals surface area contributed by atoms with Crippen molar-refractivity contribution in [2.24, 2.45) is 0 Å². The van der Waals surface area contributed by atoms with Gasteiger partial charge in [-0.15, -0.1) is 0 Å². The van der Waals surface area contributed by atoms with Gasteiger partial charge in [-0.25, -0.2) is 0 Å². The second kappa shape index (κ2) is 10.0. The molecule has 1 aliphatic heterocycles. The first kappa shape index (κ1) is 25.0. The van der Waals surface area contributed by atoms with Gasteiger partial charge in [-0.1, -0.05) is 12.1 Å². The molecule has 4 aromatic rings. The summed E-state index contributed by atoms with van der Waals surface area (Å²) in [7, 11) is 0. The molecule has 3 heterocycles. The van der Waals surface area contributed by atoms with Crippen molar-refractivity contribution in [1.82, 2.24) is 14.9 Å². The smallest absolute Gasteiger partial charge is 0.174 e. The van der Waals surface area contributed by atoms with Gasteiger partial charge in [0.05, 0.1) is 23.9 Å². The Morgan fingerprint density at radius 3 is 2.22 bits per heavy atom. The molecule has 2 aromatic heterocycles. The van der Waals surface area contributed by atoms with Gasteiger partial charge in [-0.2, -0.15) is 0 Å². The summed E-state index contributed by atoms with van der Waals surface area (Å²) in [6.45, 7) is 12.7. The van der Waals surface area contributed by atoms with Crippen LogP contribution in [0.1, 0.15) is 59.7 Å². The summed E-state index contributed by atoms with van der Waals surface area (Å²) in [5.74, 6) is 0.850. The van der Waals surface area contributed by atoms with Crippen molar-refractivity contribution in [3.8, 4) is 11.4 Å². The van der Waals surface area contributed by atoms with Crippen LogP contribution in [0.25, 0.3) is 5.69 Å². The highest BCUT2D eigenvalue weighted by atomic mass is 32.1. The average Bonchev–Trinajstić information content (AvgIpc) is 3.34. The van der Waals surface area contributed by atoms with E-state index >= 15 is 0 Å². The van der Waals surface area contributed by atoms with E-state index in [-0.39, 0.29) is 18.2 Å². The minimum absolute atomic E-state index is 0.0647. The van der Waals surface area contributed by atoms with Crippen LogP contribution in [0, 0.1) is 27.7 Å². The molecule has 2 aromatic carbocycles. The van der Waals surface area contributed by atoms with Gasteiger partial charge in [0.15, 0.2) is 5.11 Å². The quantitative estimate of drug-likeness (QED) is 0.281. The number of thiocarbonyl (C=S) groups is 1. The van der Waals surface area contributed by atoms with Crippen LogP contribution < -0.4 is 15.0 Å². The number of rotatable bonds is 6. The lowest BCUT2D eigenvalue weighted by Crippen LogP contribution is -2.29. The molecule has 5 nitrogen and oxygen atoms in total. The van der Waals surface area contributed by atoms with Crippen LogP contribution in [-0.2, 0) is 0 Å². The predicted molar refractivity (Wildman–Crippen MR) is 155 cm³/mol. The van der Waals surface area contributed by atoms with E-state index in [0.29, 0.717) is 5.11 Å². The van der Waals surface area contributed by atoms with Crippen LogP contribution in [-0.4, -0.2) is 20.8 Å². The average molecular weight is 511 g/mol. The summed E-state index contributed by atoms with van der Waals surface area (Å²) in [5, 5.41) is 4.27. The Balaban J connectivity index is 1.64. The van der Waals surface area contributed by atoms with Gasteiger partial charge < -0.3 is 19.5 Å². The Bertz CT molecular complexity index is 1410. The molecule has 0 amide bonds. The molecular formula is C31H34N4OS. The fourth-order valence-electron chi connectivity index (χ4n) is 5.47. The van der Waals surface area contributed by atoms with E-state index in [1.807, 2.05) is 44.3 Å². The highest BCUT2D eigenvalue weighted by molar-refractivity contribution is 7.80. The normalized spacial score (nSPS) is 17.4. The van der Waals surface area contributed by atoms with Gasteiger partial charge in [-0.05, 0) is 125 Å². The van der Waals surface area contributed by atoms with Gasteiger partial charge >= 0.3 is 0 Å². The SMILES string of the molecule is Cc1cc(C)cc(-n2c(C)cc(C3C(c4ccccn4)NC(=S)N3c3ccc(OC(C)C)cc3)c2C)c1. The number of aromatic nitrogens is 2. The Kier molecular flexibility index (Phi) is 6.78. The van der Waals surface area contributed by atoms with Gasteiger partial charge in [0, 0.05) is 29.0 Å². The molecule has 0 aliphatic carbocycles. The summed E-state index contributed by atoms with van der Waals surface area (Å²) in [6, 6.07) is 23.1. The number of hydrogen-bond donors (Lipinski definition) is 1. The summed E-state index contributed by atoms with van der Waals surface area (Å²) < 4.78 is 8.24. The third kappa shape index (κ3) is 4.86. The van der Waals surface area contributed by atoms with Gasteiger partial charge in [-0.3, -0.25) is 4.98 Å². The maximum Gasteiger partial charge on any atom is 0.174 e. The van der Waals surface area contributed by atoms with Crippen LogP contribution in [0.4, 0.5) is 5.69 Å². The summed E-state index contributed by atoms with van der Waals surface area (Å²) in [4.78, 5) is 6.93. The van der Waals surface area contributed by atoms with Crippen molar-refractivity contribution in [3.05, 3.63) is 107 Å². The second-order valence-electron chi connectivity index (χ2n) is 10.2. The summed E-state index contributed by atoms with van der Waals surface area (Å²) in [5.41, 5.74) is 9.29. The second-order valence-corrected chi connectivity index (χ2v) is 10.6. The van der Waals surface area contributed by atoms with Crippen molar-refractivity contribution >= 4 is 23.0 Å². The maximum atomic E-state index is 5.94. The van der Waals surface area contributed by atoms with Crippen molar-refractivity contribution in [2.45, 2.75) is 59.7 Å². The number of nitrogens with one attached hydrogen (secondary N) is 1. The topological polar surface area (TPSA) is 42.3 Å². The highest BCUT2D eigenvalue weighted by Gasteiger charge is 2.42. The van der Waals surface area contributed by atoms with Crippen molar-refractivity contribution in [1.29, 1.82) is 0 Å². The molecule has 1 N–H and O–H groups in total. The molecule has 190 valence electrons. The minimum atomic E-state index is -0.0894. The van der Waals surface area contributed by atoms with E-state index < -0.39 is 0 Å². The van der Waals surface area contributed by atoms with Crippen LogP contribution in [0.15, 0.2) is 72.9 Å². The molecule has 37 heavy (non-hydrogen) atoms. The molecule has 0 spiro atoms. The van der Waals surface area contributed by atoms with Gasteiger partial charge in [0.25, 0.3) is 0 Å². The number of benzene rings is 2. The zero-order valence-electron chi connectivity index (χ0n) is 22.3. The van der Waals surface area contributed by atoms with Crippen LogP contribution in [0.3, 0.4) is 0 Å². The number of aryl methyl sites for hydroxylation is 3. The molecule has 0 saturated carbocycles. The fourth-order valence-corrected chi connectivity index (χ4v) is 5.82. The number of anilines is 1. The molecule has 1 fully saturated rings. The third-order valence-electron chi connectivity index (χ3n) is 6.84. The van der Waals surface area contributed by atoms with E-state index in [1.54, 1.807) is 0 Å². The Morgan fingerprint density at radius 2 is 1.59 bits per heavy atom. The number of hydrogen-bond acceptors (Lipinski definition) is 3. The fraction of sp³-hybridized carbons (Fsp3) is 0.290. The van der Waals surface area contributed by atoms with Crippen molar-refractivity contribution in [2.75, 3.05) is 4.90 Å². The first-order valence-electron chi connectivity index (χ1n) is 12.8.